The van der Waals surface area contributed by atoms with E-state index in [1.807, 2.05) is 6.92 Å². The van der Waals surface area contributed by atoms with Crippen LogP contribution >= 0.6 is 0 Å². The molecular formula is C13H14FNO2. The van der Waals surface area contributed by atoms with Crippen LogP contribution < -0.4 is 5.32 Å². The molecule has 0 aliphatic heterocycles. The van der Waals surface area contributed by atoms with E-state index in [4.69, 9.17) is 5.11 Å². The molecule has 3 nitrogen and oxygen atoms in total. The van der Waals surface area contributed by atoms with Crippen LogP contribution in [0.4, 0.5) is 10.1 Å². The highest BCUT2D eigenvalue weighted by atomic mass is 19.1. The van der Waals surface area contributed by atoms with Gasteiger partial charge < -0.3 is 10.4 Å². The first kappa shape index (κ1) is 13.2. The maximum atomic E-state index is 13.3. The van der Waals surface area contributed by atoms with Crippen LogP contribution in [0.15, 0.2) is 18.2 Å². The van der Waals surface area contributed by atoms with E-state index < -0.39 is 5.82 Å². The smallest absolute Gasteiger partial charge is 0.224 e. The summed E-state index contributed by atoms with van der Waals surface area (Å²) < 4.78 is 13.3. The zero-order valence-electron chi connectivity index (χ0n) is 9.59. The Morgan fingerprint density at radius 3 is 2.94 bits per heavy atom. The summed E-state index contributed by atoms with van der Waals surface area (Å²) in [5.41, 5.74) is 0.667. The highest BCUT2D eigenvalue weighted by Gasteiger charge is 2.04. The van der Waals surface area contributed by atoms with Crippen LogP contribution in [0.1, 0.15) is 25.3 Å². The van der Waals surface area contributed by atoms with Gasteiger partial charge >= 0.3 is 0 Å². The molecule has 0 atom stereocenters. The summed E-state index contributed by atoms with van der Waals surface area (Å²) in [6, 6.07) is 4.17. The van der Waals surface area contributed by atoms with Gasteiger partial charge in [-0.3, -0.25) is 4.79 Å². The number of amides is 1. The van der Waals surface area contributed by atoms with Crippen LogP contribution in [0.5, 0.6) is 0 Å². The third-order valence-corrected chi connectivity index (χ3v) is 2.03. The molecule has 1 aromatic carbocycles. The van der Waals surface area contributed by atoms with Crippen molar-refractivity contribution in [2.75, 3.05) is 11.9 Å². The largest absolute Gasteiger partial charge is 0.384 e. The minimum absolute atomic E-state index is 0.111. The quantitative estimate of drug-likeness (QED) is 0.786. The van der Waals surface area contributed by atoms with Gasteiger partial charge in [0.15, 0.2) is 0 Å². The van der Waals surface area contributed by atoms with E-state index in [0.29, 0.717) is 12.1 Å². The first-order chi connectivity index (χ1) is 8.17. The average Bonchev–Trinajstić information content (AvgIpc) is 2.30. The van der Waals surface area contributed by atoms with Gasteiger partial charge in [0, 0.05) is 12.1 Å². The molecule has 0 heterocycles. The van der Waals surface area contributed by atoms with E-state index in [1.165, 1.54) is 18.2 Å². The Labute approximate surface area is 99.7 Å². The molecule has 0 bridgehead atoms. The van der Waals surface area contributed by atoms with Crippen LogP contribution in [0.2, 0.25) is 0 Å². The summed E-state index contributed by atoms with van der Waals surface area (Å²) in [6.07, 6.45) is 1.18. The van der Waals surface area contributed by atoms with Crippen molar-refractivity contribution in [3.63, 3.8) is 0 Å². The Morgan fingerprint density at radius 2 is 2.29 bits per heavy atom. The molecule has 0 saturated carbocycles. The summed E-state index contributed by atoms with van der Waals surface area (Å²) in [6.45, 7) is 1.58. The van der Waals surface area contributed by atoms with Crippen molar-refractivity contribution in [1.82, 2.24) is 0 Å². The lowest BCUT2D eigenvalue weighted by Gasteiger charge is -2.05. The molecule has 1 rings (SSSR count). The van der Waals surface area contributed by atoms with Crippen molar-refractivity contribution < 1.29 is 14.3 Å². The number of rotatable bonds is 3. The van der Waals surface area contributed by atoms with Crippen LogP contribution in [0.25, 0.3) is 0 Å². The van der Waals surface area contributed by atoms with Gasteiger partial charge in [0.25, 0.3) is 0 Å². The Hall–Kier alpha value is -1.86. The van der Waals surface area contributed by atoms with Gasteiger partial charge in [0.1, 0.15) is 12.4 Å². The van der Waals surface area contributed by atoms with Gasteiger partial charge in [-0.2, -0.15) is 0 Å². The second-order valence-corrected chi connectivity index (χ2v) is 3.45. The molecule has 1 amide bonds. The first-order valence-corrected chi connectivity index (χ1v) is 5.36. The lowest BCUT2D eigenvalue weighted by Crippen LogP contribution is -2.10. The van der Waals surface area contributed by atoms with E-state index in [2.05, 4.69) is 17.2 Å². The van der Waals surface area contributed by atoms with E-state index in [0.717, 1.165) is 6.42 Å². The minimum atomic E-state index is -0.473. The number of halogens is 1. The predicted octanol–water partition coefficient (Wildman–Crippen LogP) is 1.91. The van der Waals surface area contributed by atoms with Crippen molar-refractivity contribution in [2.45, 2.75) is 19.8 Å². The highest BCUT2D eigenvalue weighted by molar-refractivity contribution is 5.90. The van der Waals surface area contributed by atoms with E-state index >= 15 is 0 Å². The maximum Gasteiger partial charge on any atom is 0.224 e. The summed E-state index contributed by atoms with van der Waals surface area (Å²) >= 11 is 0. The first-order valence-electron chi connectivity index (χ1n) is 5.36. The minimum Gasteiger partial charge on any atom is -0.384 e. The van der Waals surface area contributed by atoms with Crippen LogP contribution in [-0.4, -0.2) is 17.6 Å². The van der Waals surface area contributed by atoms with Crippen LogP contribution in [0.3, 0.4) is 0 Å². The zero-order chi connectivity index (χ0) is 12.7. The fraction of sp³-hybridized carbons (Fsp3) is 0.308. The molecule has 0 aromatic heterocycles. The summed E-state index contributed by atoms with van der Waals surface area (Å²) in [5.74, 6) is 4.26. The molecule has 1 aromatic rings. The molecule has 0 aliphatic carbocycles. The van der Waals surface area contributed by atoms with Gasteiger partial charge in [0.05, 0.1) is 5.56 Å². The fourth-order valence-electron chi connectivity index (χ4n) is 1.28. The van der Waals surface area contributed by atoms with Crippen LogP contribution in [0, 0.1) is 17.7 Å². The van der Waals surface area contributed by atoms with E-state index in [-0.39, 0.29) is 18.1 Å². The molecule has 0 unspecified atom stereocenters. The molecule has 0 spiro atoms. The Bertz CT molecular complexity index is 460. The molecule has 0 radical (unpaired) electrons. The number of aliphatic hydroxyl groups excluding tert-OH is 1. The molecule has 0 aliphatic rings. The van der Waals surface area contributed by atoms with Gasteiger partial charge in [-0.1, -0.05) is 18.8 Å². The van der Waals surface area contributed by atoms with Gasteiger partial charge in [0.2, 0.25) is 5.91 Å². The van der Waals surface area contributed by atoms with Gasteiger partial charge in [-0.15, -0.1) is 0 Å². The number of anilines is 1. The van der Waals surface area contributed by atoms with Crippen molar-refractivity contribution >= 4 is 11.6 Å². The third-order valence-electron chi connectivity index (χ3n) is 2.03. The molecule has 0 saturated heterocycles. The number of carbonyl (C=O) groups excluding carboxylic acids is 1. The van der Waals surface area contributed by atoms with Gasteiger partial charge in [-0.05, 0) is 24.6 Å². The van der Waals surface area contributed by atoms with Crippen molar-refractivity contribution in [2.24, 2.45) is 0 Å². The normalized spacial score (nSPS) is 9.35. The highest BCUT2D eigenvalue weighted by Crippen LogP contribution is 2.14. The second-order valence-electron chi connectivity index (χ2n) is 3.45. The summed E-state index contributed by atoms with van der Waals surface area (Å²) in [4.78, 5) is 11.3. The number of aliphatic hydroxyl groups is 1. The van der Waals surface area contributed by atoms with Crippen molar-refractivity contribution in [1.29, 1.82) is 0 Å². The maximum absolute atomic E-state index is 13.3. The molecular weight excluding hydrogens is 221 g/mol. The number of benzene rings is 1. The Kier molecular flexibility index (Phi) is 5.18. The Morgan fingerprint density at radius 1 is 1.53 bits per heavy atom. The van der Waals surface area contributed by atoms with Crippen molar-refractivity contribution in [3.8, 4) is 11.8 Å². The van der Waals surface area contributed by atoms with Crippen LogP contribution in [-0.2, 0) is 4.79 Å². The summed E-state index contributed by atoms with van der Waals surface area (Å²) in [5, 5.41) is 11.2. The fourth-order valence-corrected chi connectivity index (χ4v) is 1.28. The molecule has 4 heteroatoms. The number of carbonyl (C=O) groups is 1. The molecule has 0 fully saturated rings. The molecule has 17 heavy (non-hydrogen) atoms. The molecule has 90 valence electrons. The SMILES string of the molecule is CCCC(=O)Nc1ccc(F)c(C#CCO)c1. The lowest BCUT2D eigenvalue weighted by atomic mass is 10.2. The number of hydrogen-bond acceptors (Lipinski definition) is 2. The zero-order valence-corrected chi connectivity index (χ0v) is 9.59. The second kappa shape index (κ2) is 6.66. The number of nitrogens with one attached hydrogen (secondary N) is 1. The van der Waals surface area contributed by atoms with Gasteiger partial charge in [-0.25, -0.2) is 4.39 Å². The third kappa shape index (κ3) is 4.25. The van der Waals surface area contributed by atoms with Crippen molar-refractivity contribution in [3.05, 3.63) is 29.6 Å². The standard InChI is InChI=1S/C13H14FNO2/c1-2-4-13(17)15-11-6-7-12(14)10(9-11)5-3-8-16/h6-7,9,16H,2,4,8H2,1H3,(H,15,17). The number of hydrogen-bond donors (Lipinski definition) is 2. The lowest BCUT2D eigenvalue weighted by molar-refractivity contribution is -0.116. The Balaban J connectivity index is 2.85. The van der Waals surface area contributed by atoms with E-state index in [9.17, 15) is 9.18 Å². The predicted molar refractivity (Wildman–Crippen MR) is 63.9 cm³/mol. The molecule has 2 N–H and O–H groups in total. The van der Waals surface area contributed by atoms with E-state index in [1.54, 1.807) is 0 Å². The topological polar surface area (TPSA) is 49.3 Å². The average molecular weight is 235 g/mol. The monoisotopic (exact) mass is 235 g/mol. The summed E-state index contributed by atoms with van der Waals surface area (Å²) in [7, 11) is 0.